The van der Waals surface area contributed by atoms with E-state index in [1.54, 1.807) is 54.2 Å². The smallest absolute Gasteiger partial charge is 0.261 e. The summed E-state index contributed by atoms with van der Waals surface area (Å²) in [5.41, 5.74) is 0.475. The molecule has 1 aromatic heterocycles. The molecule has 31 heavy (non-hydrogen) atoms. The quantitative estimate of drug-likeness (QED) is 0.613. The third kappa shape index (κ3) is 6.11. The number of aryl methyl sites for hydroxylation is 1. The number of amides is 2. The first kappa shape index (κ1) is 22.4. The predicted octanol–water partition coefficient (Wildman–Crippen LogP) is 0.390. The molecular weight excluding hydrogens is 402 g/mol. The van der Waals surface area contributed by atoms with E-state index < -0.39 is 0 Å². The Hall–Kier alpha value is -3.27. The highest BCUT2D eigenvalue weighted by Gasteiger charge is 2.26. The van der Waals surface area contributed by atoms with Crippen LogP contribution < -0.4 is 19.5 Å². The van der Waals surface area contributed by atoms with E-state index in [-0.39, 0.29) is 18.4 Å². The normalized spacial score (nSPS) is 14.2. The molecule has 3 rings (SSSR count). The second-order valence-electron chi connectivity index (χ2n) is 7.17. The van der Waals surface area contributed by atoms with Gasteiger partial charge in [-0.15, -0.1) is 5.10 Å². The average molecular weight is 431 g/mol. The lowest BCUT2D eigenvalue weighted by molar-refractivity contribution is -0.123. The van der Waals surface area contributed by atoms with Crippen LogP contribution in [0.5, 0.6) is 17.4 Å². The molecule has 2 aromatic rings. The van der Waals surface area contributed by atoms with Crippen molar-refractivity contribution in [3.63, 3.8) is 0 Å². The summed E-state index contributed by atoms with van der Waals surface area (Å²) in [6, 6.07) is 7.08. The van der Waals surface area contributed by atoms with Crippen LogP contribution in [-0.2, 0) is 11.8 Å². The fraction of sp³-hybridized carbons (Fsp3) is 0.476. The molecule has 1 fully saturated rings. The predicted molar refractivity (Wildman–Crippen MR) is 114 cm³/mol. The van der Waals surface area contributed by atoms with Crippen LogP contribution in [0.3, 0.4) is 0 Å². The number of carbonyl (C=O) groups is 2. The van der Waals surface area contributed by atoms with Crippen molar-refractivity contribution in [3.05, 3.63) is 36.0 Å². The highest BCUT2D eigenvalue weighted by Crippen LogP contribution is 2.18. The van der Waals surface area contributed by atoms with Gasteiger partial charge in [0.15, 0.2) is 6.61 Å². The highest BCUT2D eigenvalue weighted by atomic mass is 16.5. The van der Waals surface area contributed by atoms with Gasteiger partial charge < -0.3 is 24.4 Å². The van der Waals surface area contributed by atoms with Crippen molar-refractivity contribution in [1.29, 1.82) is 0 Å². The van der Waals surface area contributed by atoms with Crippen LogP contribution in [0.25, 0.3) is 0 Å². The molecule has 0 aliphatic carbocycles. The Morgan fingerprint density at radius 3 is 2.35 bits per heavy atom. The fourth-order valence-electron chi connectivity index (χ4n) is 3.34. The fourth-order valence-corrected chi connectivity index (χ4v) is 3.34. The van der Waals surface area contributed by atoms with Crippen LogP contribution in [-0.4, -0.2) is 91.5 Å². The highest BCUT2D eigenvalue weighted by molar-refractivity contribution is 5.96. The SMILES string of the molecule is COc1ccc(OCC(=O)NCCN2CCN(C(=O)c3cn(C)nc3OC)CC2)cc1. The molecule has 0 atom stereocenters. The number of ether oxygens (including phenoxy) is 3. The van der Waals surface area contributed by atoms with E-state index in [4.69, 9.17) is 14.2 Å². The maximum Gasteiger partial charge on any atom is 0.261 e. The zero-order chi connectivity index (χ0) is 22.2. The van der Waals surface area contributed by atoms with Gasteiger partial charge in [0.25, 0.3) is 11.8 Å². The molecule has 1 aliphatic rings. The lowest BCUT2D eigenvalue weighted by atomic mass is 10.2. The van der Waals surface area contributed by atoms with Gasteiger partial charge >= 0.3 is 0 Å². The Bertz CT molecular complexity index is 875. The van der Waals surface area contributed by atoms with Gasteiger partial charge in [-0.2, -0.15) is 0 Å². The molecular formula is C21H29N5O5. The number of benzene rings is 1. The van der Waals surface area contributed by atoms with Gasteiger partial charge in [0.1, 0.15) is 17.1 Å². The molecule has 0 spiro atoms. The standard InChI is InChI=1S/C21H29N5O5/c1-24-14-18(20(23-24)30-3)21(28)26-12-10-25(11-13-26)9-8-22-19(27)15-31-17-6-4-16(29-2)5-7-17/h4-7,14H,8-13,15H2,1-3H3,(H,22,27). The third-order valence-electron chi connectivity index (χ3n) is 5.06. The molecule has 168 valence electrons. The van der Waals surface area contributed by atoms with Gasteiger partial charge in [-0.05, 0) is 24.3 Å². The van der Waals surface area contributed by atoms with Gasteiger partial charge in [-0.25, -0.2) is 0 Å². The van der Waals surface area contributed by atoms with Crippen LogP contribution in [0.2, 0.25) is 0 Å². The number of nitrogens with zero attached hydrogens (tertiary/aromatic N) is 4. The molecule has 2 amide bonds. The third-order valence-corrected chi connectivity index (χ3v) is 5.06. The Kier molecular flexibility index (Phi) is 7.71. The zero-order valence-corrected chi connectivity index (χ0v) is 18.2. The van der Waals surface area contributed by atoms with Crippen LogP contribution in [0.4, 0.5) is 0 Å². The van der Waals surface area contributed by atoms with E-state index >= 15 is 0 Å². The first-order valence-corrected chi connectivity index (χ1v) is 10.1. The average Bonchev–Trinajstić information content (AvgIpc) is 3.18. The minimum absolute atomic E-state index is 0.0401. The summed E-state index contributed by atoms with van der Waals surface area (Å²) >= 11 is 0. The molecule has 1 saturated heterocycles. The summed E-state index contributed by atoms with van der Waals surface area (Å²) in [4.78, 5) is 28.7. The Balaban J connectivity index is 1.34. The van der Waals surface area contributed by atoms with E-state index in [1.807, 2.05) is 0 Å². The molecule has 1 aliphatic heterocycles. The minimum atomic E-state index is -0.173. The monoisotopic (exact) mass is 431 g/mol. The minimum Gasteiger partial charge on any atom is -0.497 e. The molecule has 0 unspecified atom stereocenters. The second kappa shape index (κ2) is 10.7. The molecule has 10 nitrogen and oxygen atoms in total. The summed E-state index contributed by atoms with van der Waals surface area (Å²) in [5, 5.41) is 7.00. The summed E-state index contributed by atoms with van der Waals surface area (Å²) in [6.07, 6.45) is 1.68. The maximum atomic E-state index is 12.7. The van der Waals surface area contributed by atoms with E-state index in [2.05, 4.69) is 15.3 Å². The van der Waals surface area contributed by atoms with E-state index in [0.29, 0.717) is 43.4 Å². The van der Waals surface area contributed by atoms with Gasteiger partial charge in [0, 0.05) is 52.5 Å². The van der Waals surface area contributed by atoms with Crippen molar-refractivity contribution < 1.29 is 23.8 Å². The summed E-state index contributed by atoms with van der Waals surface area (Å²) in [7, 11) is 4.86. The molecule has 1 N–H and O–H groups in total. The topological polar surface area (TPSA) is 98.2 Å². The van der Waals surface area contributed by atoms with Crippen molar-refractivity contribution in [2.45, 2.75) is 0 Å². The summed E-state index contributed by atoms with van der Waals surface area (Å²) in [6.45, 7) is 3.92. The summed E-state index contributed by atoms with van der Waals surface area (Å²) < 4.78 is 17.3. The van der Waals surface area contributed by atoms with Crippen LogP contribution in [0, 0.1) is 0 Å². The lowest BCUT2D eigenvalue weighted by Crippen LogP contribution is -2.50. The number of piperazine rings is 1. The number of nitrogens with one attached hydrogen (secondary N) is 1. The Morgan fingerprint density at radius 1 is 1.03 bits per heavy atom. The second-order valence-corrected chi connectivity index (χ2v) is 7.17. The number of carbonyl (C=O) groups excluding carboxylic acids is 2. The van der Waals surface area contributed by atoms with Crippen molar-refractivity contribution in [3.8, 4) is 17.4 Å². The van der Waals surface area contributed by atoms with E-state index in [1.165, 1.54) is 7.11 Å². The first-order valence-electron chi connectivity index (χ1n) is 10.1. The Morgan fingerprint density at radius 2 is 1.71 bits per heavy atom. The van der Waals surface area contributed by atoms with Crippen LogP contribution in [0.1, 0.15) is 10.4 Å². The Labute approximate surface area is 181 Å². The van der Waals surface area contributed by atoms with Gasteiger partial charge in [-0.1, -0.05) is 0 Å². The first-order chi connectivity index (χ1) is 15.0. The molecule has 0 bridgehead atoms. The van der Waals surface area contributed by atoms with Crippen LogP contribution >= 0.6 is 0 Å². The molecule has 0 radical (unpaired) electrons. The molecule has 0 saturated carbocycles. The largest absolute Gasteiger partial charge is 0.497 e. The maximum absolute atomic E-state index is 12.7. The van der Waals surface area contributed by atoms with Gasteiger partial charge in [-0.3, -0.25) is 19.2 Å². The number of methoxy groups -OCH3 is 2. The van der Waals surface area contributed by atoms with E-state index in [9.17, 15) is 9.59 Å². The van der Waals surface area contributed by atoms with Crippen molar-refractivity contribution >= 4 is 11.8 Å². The van der Waals surface area contributed by atoms with E-state index in [0.717, 1.165) is 18.8 Å². The molecule has 2 heterocycles. The zero-order valence-electron chi connectivity index (χ0n) is 18.2. The van der Waals surface area contributed by atoms with Crippen molar-refractivity contribution in [2.24, 2.45) is 7.05 Å². The van der Waals surface area contributed by atoms with Gasteiger partial charge in [0.05, 0.1) is 14.2 Å². The van der Waals surface area contributed by atoms with Gasteiger partial charge in [0.2, 0.25) is 5.88 Å². The lowest BCUT2D eigenvalue weighted by Gasteiger charge is -2.34. The summed E-state index contributed by atoms with van der Waals surface area (Å²) in [5.74, 6) is 1.44. The molecule has 10 heteroatoms. The number of hydrogen-bond acceptors (Lipinski definition) is 7. The molecule has 1 aromatic carbocycles. The number of hydrogen-bond donors (Lipinski definition) is 1. The van der Waals surface area contributed by atoms with Crippen molar-refractivity contribution in [1.82, 2.24) is 24.9 Å². The van der Waals surface area contributed by atoms with Crippen molar-refractivity contribution in [2.75, 3.05) is 60.1 Å². The van der Waals surface area contributed by atoms with Crippen LogP contribution in [0.15, 0.2) is 30.5 Å². The number of aromatic nitrogens is 2. The number of rotatable bonds is 9.